The fraction of sp³-hybridized carbons (Fsp3) is 0.188. The Bertz CT molecular complexity index is 653. The molecule has 0 radical (unpaired) electrons. The van der Waals surface area contributed by atoms with Crippen molar-refractivity contribution in [2.75, 3.05) is 6.54 Å². The van der Waals surface area contributed by atoms with Crippen molar-refractivity contribution in [3.05, 3.63) is 69.2 Å². The van der Waals surface area contributed by atoms with Crippen molar-refractivity contribution in [2.45, 2.75) is 13.3 Å². The molecule has 1 N–H and O–H groups in total. The molecule has 0 aliphatic heterocycles. The van der Waals surface area contributed by atoms with Crippen LogP contribution in [-0.2, 0) is 6.42 Å². The minimum Gasteiger partial charge on any atom is -0.352 e. The van der Waals surface area contributed by atoms with Crippen LogP contribution in [0.4, 0.5) is 8.78 Å². The smallest absolute Gasteiger partial charge is 0.255 e. The quantitative estimate of drug-likeness (QED) is 0.883. The molecule has 1 amide bonds. The molecule has 5 heteroatoms. The van der Waals surface area contributed by atoms with Gasteiger partial charge >= 0.3 is 0 Å². The molecule has 0 heterocycles. The summed E-state index contributed by atoms with van der Waals surface area (Å²) in [6, 6.07) is 8.90. The number of rotatable bonds is 4. The van der Waals surface area contributed by atoms with Crippen LogP contribution in [0.3, 0.4) is 0 Å². The van der Waals surface area contributed by atoms with Gasteiger partial charge in [0.25, 0.3) is 5.91 Å². The second-order valence-corrected chi connectivity index (χ2v) is 5.53. The monoisotopic (exact) mass is 353 g/mol. The third-order valence-corrected chi connectivity index (χ3v) is 3.84. The van der Waals surface area contributed by atoms with Crippen LogP contribution in [0.25, 0.3) is 0 Å². The minimum atomic E-state index is -0.570. The molecule has 0 saturated carbocycles. The number of nitrogens with one attached hydrogen (secondary N) is 1. The van der Waals surface area contributed by atoms with E-state index in [-0.39, 0.29) is 11.4 Å². The molecule has 110 valence electrons. The molecule has 0 atom stereocenters. The van der Waals surface area contributed by atoms with Crippen molar-refractivity contribution in [1.82, 2.24) is 5.32 Å². The fourth-order valence-electron chi connectivity index (χ4n) is 2.05. The van der Waals surface area contributed by atoms with E-state index in [4.69, 9.17) is 0 Å². The highest BCUT2D eigenvalue weighted by Crippen LogP contribution is 2.19. The van der Waals surface area contributed by atoms with Crippen LogP contribution < -0.4 is 5.32 Å². The van der Waals surface area contributed by atoms with E-state index in [0.717, 1.165) is 11.1 Å². The van der Waals surface area contributed by atoms with Crippen LogP contribution >= 0.6 is 15.9 Å². The normalized spacial score (nSPS) is 10.5. The van der Waals surface area contributed by atoms with E-state index in [9.17, 15) is 13.6 Å². The van der Waals surface area contributed by atoms with Crippen molar-refractivity contribution >= 4 is 21.8 Å². The van der Waals surface area contributed by atoms with E-state index in [1.165, 1.54) is 24.3 Å². The summed E-state index contributed by atoms with van der Waals surface area (Å²) < 4.78 is 27.0. The van der Waals surface area contributed by atoms with Crippen LogP contribution in [0.5, 0.6) is 0 Å². The highest BCUT2D eigenvalue weighted by atomic mass is 79.9. The topological polar surface area (TPSA) is 29.1 Å². The van der Waals surface area contributed by atoms with Gasteiger partial charge in [-0.2, -0.15) is 0 Å². The zero-order valence-corrected chi connectivity index (χ0v) is 13.0. The zero-order valence-electron chi connectivity index (χ0n) is 11.4. The van der Waals surface area contributed by atoms with Gasteiger partial charge in [0.05, 0.1) is 5.56 Å². The lowest BCUT2D eigenvalue weighted by Crippen LogP contribution is -2.27. The number of aryl methyl sites for hydroxylation is 1. The molecule has 0 aliphatic carbocycles. The first-order chi connectivity index (χ1) is 9.99. The Balaban J connectivity index is 1.99. The Morgan fingerprint density at radius 1 is 1.24 bits per heavy atom. The van der Waals surface area contributed by atoms with Crippen LogP contribution in [-0.4, -0.2) is 12.5 Å². The van der Waals surface area contributed by atoms with E-state index >= 15 is 0 Å². The van der Waals surface area contributed by atoms with E-state index in [1.54, 1.807) is 12.1 Å². The first-order valence-corrected chi connectivity index (χ1v) is 7.25. The Morgan fingerprint density at radius 3 is 2.67 bits per heavy atom. The molecule has 21 heavy (non-hydrogen) atoms. The van der Waals surface area contributed by atoms with Gasteiger partial charge in [0.2, 0.25) is 0 Å². The van der Waals surface area contributed by atoms with Crippen LogP contribution in [0.15, 0.2) is 40.9 Å². The first-order valence-electron chi connectivity index (χ1n) is 6.46. The molecule has 0 aromatic heterocycles. The molecular weight excluding hydrogens is 340 g/mol. The number of carbonyl (C=O) groups excluding carboxylic acids is 1. The maximum atomic E-state index is 13.6. The van der Waals surface area contributed by atoms with Crippen LogP contribution in [0, 0.1) is 18.6 Å². The van der Waals surface area contributed by atoms with Gasteiger partial charge in [-0.3, -0.25) is 4.79 Å². The molecule has 0 bridgehead atoms. The summed E-state index contributed by atoms with van der Waals surface area (Å²) in [5, 5.41) is 2.67. The van der Waals surface area contributed by atoms with Gasteiger partial charge < -0.3 is 5.32 Å². The number of amides is 1. The summed E-state index contributed by atoms with van der Waals surface area (Å²) in [6.07, 6.45) is 0.559. The zero-order chi connectivity index (χ0) is 15.4. The summed E-state index contributed by atoms with van der Waals surface area (Å²) >= 11 is 3.16. The van der Waals surface area contributed by atoms with Gasteiger partial charge in [0, 0.05) is 11.0 Å². The van der Waals surface area contributed by atoms with E-state index < -0.39 is 11.7 Å². The van der Waals surface area contributed by atoms with Crippen molar-refractivity contribution in [3.63, 3.8) is 0 Å². The van der Waals surface area contributed by atoms with E-state index in [1.807, 2.05) is 6.92 Å². The van der Waals surface area contributed by atoms with Gasteiger partial charge in [0.15, 0.2) is 0 Å². The number of halogens is 3. The van der Waals surface area contributed by atoms with E-state index in [0.29, 0.717) is 17.4 Å². The Labute approximate surface area is 130 Å². The average molecular weight is 354 g/mol. The molecule has 0 saturated heterocycles. The van der Waals surface area contributed by atoms with Gasteiger partial charge in [0.1, 0.15) is 11.6 Å². The molecule has 0 fully saturated rings. The van der Waals surface area contributed by atoms with Crippen molar-refractivity contribution in [3.8, 4) is 0 Å². The number of hydrogen-bond acceptors (Lipinski definition) is 1. The second-order valence-electron chi connectivity index (χ2n) is 4.67. The van der Waals surface area contributed by atoms with Crippen LogP contribution in [0.2, 0.25) is 0 Å². The molecule has 0 spiro atoms. The lowest BCUT2D eigenvalue weighted by Gasteiger charge is -2.09. The molecule has 0 aliphatic rings. The number of benzene rings is 2. The average Bonchev–Trinajstić information content (AvgIpc) is 2.41. The maximum absolute atomic E-state index is 13.6. The van der Waals surface area contributed by atoms with Crippen molar-refractivity contribution < 1.29 is 13.6 Å². The SMILES string of the molecule is Cc1cc(F)ccc1CCNC(=O)c1c(F)cccc1Br. The molecule has 2 aromatic rings. The first kappa shape index (κ1) is 15.6. The highest BCUT2D eigenvalue weighted by molar-refractivity contribution is 9.10. The summed E-state index contributed by atoms with van der Waals surface area (Å²) in [7, 11) is 0. The molecule has 2 nitrogen and oxygen atoms in total. The maximum Gasteiger partial charge on any atom is 0.255 e. The third kappa shape index (κ3) is 3.88. The van der Waals surface area contributed by atoms with Gasteiger partial charge in [-0.25, -0.2) is 8.78 Å². The number of carbonyl (C=O) groups is 1. The number of hydrogen-bond donors (Lipinski definition) is 1. The highest BCUT2D eigenvalue weighted by Gasteiger charge is 2.14. The third-order valence-electron chi connectivity index (χ3n) is 3.17. The van der Waals surface area contributed by atoms with Gasteiger partial charge in [-0.05, 0) is 64.7 Å². The van der Waals surface area contributed by atoms with Gasteiger partial charge in [-0.15, -0.1) is 0 Å². The van der Waals surface area contributed by atoms with E-state index in [2.05, 4.69) is 21.2 Å². The summed E-state index contributed by atoms with van der Waals surface area (Å²) in [5.41, 5.74) is 1.77. The Morgan fingerprint density at radius 2 is 2.00 bits per heavy atom. The second kappa shape index (κ2) is 6.80. The van der Waals surface area contributed by atoms with Crippen LogP contribution in [0.1, 0.15) is 21.5 Å². The largest absolute Gasteiger partial charge is 0.352 e. The lowest BCUT2D eigenvalue weighted by atomic mass is 10.1. The predicted octanol–water partition coefficient (Wildman–Crippen LogP) is 4.01. The lowest BCUT2D eigenvalue weighted by molar-refractivity contribution is 0.0949. The molecule has 0 unspecified atom stereocenters. The predicted molar refractivity (Wildman–Crippen MR) is 81.3 cm³/mol. The standard InChI is InChI=1S/C16H14BrF2NO/c1-10-9-12(18)6-5-11(10)7-8-20-16(21)15-13(17)3-2-4-14(15)19/h2-6,9H,7-8H2,1H3,(H,20,21). The van der Waals surface area contributed by atoms with Crippen molar-refractivity contribution in [1.29, 1.82) is 0 Å². The van der Waals surface area contributed by atoms with Crippen molar-refractivity contribution in [2.24, 2.45) is 0 Å². The molecule has 2 rings (SSSR count). The Kier molecular flexibility index (Phi) is 5.07. The molecule has 2 aromatic carbocycles. The molecular formula is C16H14BrF2NO. The summed E-state index contributed by atoms with van der Waals surface area (Å²) in [6.45, 7) is 2.17. The minimum absolute atomic E-state index is 0.00618. The summed E-state index contributed by atoms with van der Waals surface area (Å²) in [5.74, 6) is -1.32. The fourth-order valence-corrected chi connectivity index (χ4v) is 2.58. The summed E-state index contributed by atoms with van der Waals surface area (Å²) in [4.78, 5) is 12.0. The van der Waals surface area contributed by atoms with Gasteiger partial charge in [-0.1, -0.05) is 12.1 Å². The Hall–Kier alpha value is -1.75.